The van der Waals surface area contributed by atoms with E-state index in [2.05, 4.69) is 70.7 Å². The molecule has 1 aromatic heterocycles. The lowest BCUT2D eigenvalue weighted by atomic mass is 10.1. The molecule has 2 nitrogen and oxygen atoms in total. The summed E-state index contributed by atoms with van der Waals surface area (Å²) in [5.74, 6) is 0. The predicted molar refractivity (Wildman–Crippen MR) is 108 cm³/mol. The highest BCUT2D eigenvalue weighted by molar-refractivity contribution is 5.72. The van der Waals surface area contributed by atoms with Gasteiger partial charge in [-0.3, -0.25) is 0 Å². The lowest BCUT2D eigenvalue weighted by molar-refractivity contribution is 1.18. The normalized spacial score (nSPS) is 10.9. The first-order chi connectivity index (χ1) is 12.9. The molecule has 4 rings (SSSR count). The molecule has 0 aliphatic rings. The quantitative estimate of drug-likeness (QED) is 0.429. The molecule has 1 heterocycles. The number of aromatic nitrogens is 2. The van der Waals surface area contributed by atoms with Crippen molar-refractivity contribution in [1.82, 2.24) is 9.97 Å². The van der Waals surface area contributed by atoms with E-state index < -0.39 is 0 Å². The van der Waals surface area contributed by atoms with Crippen molar-refractivity contribution in [3.05, 3.63) is 108 Å². The van der Waals surface area contributed by atoms with E-state index in [4.69, 9.17) is 0 Å². The summed E-state index contributed by atoms with van der Waals surface area (Å²) in [6.07, 6.45) is 5.86. The van der Waals surface area contributed by atoms with E-state index in [0.29, 0.717) is 0 Å². The molecule has 0 amide bonds. The number of hydrogen-bond acceptors (Lipinski definition) is 2. The Morgan fingerprint density at radius 3 is 1.62 bits per heavy atom. The summed E-state index contributed by atoms with van der Waals surface area (Å²) >= 11 is 0. The van der Waals surface area contributed by atoms with Crippen molar-refractivity contribution in [2.24, 2.45) is 0 Å². The first-order valence-electron chi connectivity index (χ1n) is 8.59. The van der Waals surface area contributed by atoms with Crippen LogP contribution in [0.5, 0.6) is 0 Å². The van der Waals surface area contributed by atoms with E-state index >= 15 is 0 Å². The molecule has 0 unspecified atom stereocenters. The molecule has 4 aromatic rings. The molecule has 124 valence electrons. The summed E-state index contributed by atoms with van der Waals surface area (Å²) < 4.78 is 0. The third-order valence-electron chi connectivity index (χ3n) is 4.21. The zero-order valence-electron chi connectivity index (χ0n) is 14.3. The van der Waals surface area contributed by atoms with E-state index in [1.54, 1.807) is 6.33 Å². The van der Waals surface area contributed by atoms with Gasteiger partial charge in [0, 0.05) is 11.1 Å². The molecule has 0 radical (unpaired) electrons. The average molecular weight is 334 g/mol. The maximum Gasteiger partial charge on any atom is 0.116 e. The Hall–Kier alpha value is -3.52. The molecular weight excluding hydrogens is 316 g/mol. The van der Waals surface area contributed by atoms with Crippen LogP contribution in [0.4, 0.5) is 0 Å². The van der Waals surface area contributed by atoms with E-state index in [9.17, 15) is 0 Å². The second kappa shape index (κ2) is 7.58. The van der Waals surface area contributed by atoms with Crippen LogP contribution in [-0.2, 0) is 0 Å². The molecule has 0 saturated heterocycles. The highest BCUT2D eigenvalue weighted by atomic mass is 14.8. The lowest BCUT2D eigenvalue weighted by Gasteiger charge is -2.05. The minimum Gasteiger partial charge on any atom is -0.236 e. The third-order valence-corrected chi connectivity index (χ3v) is 4.21. The summed E-state index contributed by atoms with van der Waals surface area (Å²) in [4.78, 5) is 8.82. The van der Waals surface area contributed by atoms with Crippen LogP contribution < -0.4 is 0 Å². The third kappa shape index (κ3) is 3.76. The van der Waals surface area contributed by atoms with E-state index in [1.807, 2.05) is 42.5 Å². The summed E-state index contributed by atoms with van der Waals surface area (Å²) in [6.45, 7) is 0. The first-order valence-corrected chi connectivity index (χ1v) is 8.59. The van der Waals surface area contributed by atoms with Crippen molar-refractivity contribution in [1.29, 1.82) is 0 Å². The Morgan fingerprint density at radius 1 is 0.500 bits per heavy atom. The van der Waals surface area contributed by atoms with Crippen molar-refractivity contribution >= 4 is 12.2 Å². The van der Waals surface area contributed by atoms with Crippen LogP contribution in [0.3, 0.4) is 0 Å². The minimum atomic E-state index is 0.928. The molecule has 0 aliphatic heterocycles. The Labute approximate surface area is 153 Å². The van der Waals surface area contributed by atoms with Gasteiger partial charge in [-0.15, -0.1) is 0 Å². The molecule has 26 heavy (non-hydrogen) atoms. The highest BCUT2D eigenvalue weighted by Gasteiger charge is 2.03. The Kier molecular flexibility index (Phi) is 4.66. The summed E-state index contributed by atoms with van der Waals surface area (Å²) in [5.41, 5.74) is 6.40. The van der Waals surface area contributed by atoms with E-state index in [1.165, 1.54) is 5.56 Å². The molecule has 0 fully saturated rings. The number of benzene rings is 3. The van der Waals surface area contributed by atoms with Gasteiger partial charge in [-0.1, -0.05) is 97.1 Å². The second-order valence-corrected chi connectivity index (χ2v) is 6.02. The van der Waals surface area contributed by atoms with Gasteiger partial charge in [-0.05, 0) is 17.2 Å². The maximum atomic E-state index is 4.43. The van der Waals surface area contributed by atoms with Crippen molar-refractivity contribution in [3.63, 3.8) is 0 Å². The first kappa shape index (κ1) is 16.0. The van der Waals surface area contributed by atoms with Gasteiger partial charge in [0.15, 0.2) is 0 Å². The van der Waals surface area contributed by atoms with Crippen LogP contribution in [0.15, 0.2) is 97.3 Å². The zero-order valence-corrected chi connectivity index (χ0v) is 14.3. The van der Waals surface area contributed by atoms with Gasteiger partial charge in [0.2, 0.25) is 0 Å². The molecule has 0 saturated carbocycles. The molecule has 2 heteroatoms. The number of hydrogen-bond donors (Lipinski definition) is 0. The average Bonchev–Trinajstić information content (AvgIpc) is 2.74. The van der Waals surface area contributed by atoms with Crippen LogP contribution in [0.25, 0.3) is 34.7 Å². The molecule has 0 spiro atoms. The number of rotatable bonds is 4. The maximum absolute atomic E-state index is 4.43. The Morgan fingerprint density at radius 2 is 1.00 bits per heavy atom. The zero-order chi connectivity index (χ0) is 17.6. The molecular formula is C24H18N2. The lowest BCUT2D eigenvalue weighted by Crippen LogP contribution is -1.89. The minimum absolute atomic E-state index is 0.928. The standard InChI is InChI=1S/C24H18N2/c1-3-7-19(8-4-1)11-12-20-13-15-22(16-14-20)24-17-23(25-18-26-24)21-9-5-2-6-10-21/h1-18H/b12-11+. The molecule has 0 N–H and O–H groups in total. The molecule has 0 aliphatic carbocycles. The number of nitrogens with zero attached hydrogens (tertiary/aromatic N) is 2. The van der Waals surface area contributed by atoms with Gasteiger partial charge in [-0.2, -0.15) is 0 Å². The van der Waals surface area contributed by atoms with Crippen molar-refractivity contribution in [2.45, 2.75) is 0 Å². The molecule has 3 aromatic carbocycles. The van der Waals surface area contributed by atoms with Crippen LogP contribution in [0, 0.1) is 0 Å². The van der Waals surface area contributed by atoms with Gasteiger partial charge < -0.3 is 0 Å². The van der Waals surface area contributed by atoms with Gasteiger partial charge in [0.25, 0.3) is 0 Å². The summed E-state index contributed by atoms with van der Waals surface area (Å²) in [6, 6.07) is 30.9. The van der Waals surface area contributed by atoms with Crippen LogP contribution >= 0.6 is 0 Å². The smallest absolute Gasteiger partial charge is 0.116 e. The van der Waals surface area contributed by atoms with Gasteiger partial charge in [0.05, 0.1) is 11.4 Å². The Bertz CT molecular complexity index is 1000. The largest absolute Gasteiger partial charge is 0.236 e. The van der Waals surface area contributed by atoms with Crippen LogP contribution in [0.2, 0.25) is 0 Å². The monoisotopic (exact) mass is 334 g/mol. The molecule has 0 atom stereocenters. The topological polar surface area (TPSA) is 25.8 Å². The second-order valence-electron chi connectivity index (χ2n) is 6.02. The van der Waals surface area contributed by atoms with E-state index in [-0.39, 0.29) is 0 Å². The van der Waals surface area contributed by atoms with Crippen molar-refractivity contribution in [3.8, 4) is 22.5 Å². The SMILES string of the molecule is C(=C\c1ccc(-c2cc(-c3ccccc3)ncn2)cc1)/c1ccccc1. The van der Waals surface area contributed by atoms with Crippen molar-refractivity contribution in [2.75, 3.05) is 0 Å². The fourth-order valence-electron chi connectivity index (χ4n) is 2.80. The van der Waals surface area contributed by atoms with Crippen molar-refractivity contribution < 1.29 is 0 Å². The van der Waals surface area contributed by atoms with Gasteiger partial charge in [-0.25, -0.2) is 9.97 Å². The summed E-state index contributed by atoms with van der Waals surface area (Å²) in [7, 11) is 0. The fraction of sp³-hybridized carbons (Fsp3) is 0. The fourth-order valence-corrected chi connectivity index (χ4v) is 2.80. The summed E-state index contributed by atoms with van der Waals surface area (Å²) in [5, 5.41) is 0. The highest BCUT2D eigenvalue weighted by Crippen LogP contribution is 2.23. The van der Waals surface area contributed by atoms with Crippen LogP contribution in [-0.4, -0.2) is 9.97 Å². The van der Waals surface area contributed by atoms with Crippen LogP contribution in [0.1, 0.15) is 11.1 Å². The Balaban J connectivity index is 1.57. The van der Waals surface area contributed by atoms with Gasteiger partial charge >= 0.3 is 0 Å². The van der Waals surface area contributed by atoms with Gasteiger partial charge in [0.1, 0.15) is 6.33 Å². The molecule has 0 bridgehead atoms. The van der Waals surface area contributed by atoms with E-state index in [0.717, 1.165) is 28.1 Å². The predicted octanol–water partition coefficient (Wildman–Crippen LogP) is 5.98.